The average molecular weight is 421 g/mol. The maximum absolute atomic E-state index is 12.4. The van der Waals surface area contributed by atoms with E-state index in [-0.39, 0.29) is 5.91 Å². The van der Waals surface area contributed by atoms with Gasteiger partial charge in [0, 0.05) is 0 Å². The summed E-state index contributed by atoms with van der Waals surface area (Å²) < 4.78 is 5.72. The molecular formula is C21H16Cl3NO2. The van der Waals surface area contributed by atoms with E-state index in [2.05, 4.69) is 5.32 Å². The second-order valence-corrected chi connectivity index (χ2v) is 7.11. The number of carbonyl (C=O) groups excluding carboxylic acids is 1. The van der Waals surface area contributed by atoms with Crippen molar-refractivity contribution in [2.75, 3.05) is 5.32 Å². The number of hydrogen-bond donors (Lipinski definition) is 1. The molecule has 0 heterocycles. The number of ether oxygens (including phenoxy) is 1. The summed E-state index contributed by atoms with van der Waals surface area (Å²) in [5, 5.41) is 3.63. The number of benzene rings is 3. The Labute approximate surface area is 172 Å². The van der Waals surface area contributed by atoms with E-state index in [1.807, 2.05) is 54.6 Å². The van der Waals surface area contributed by atoms with Gasteiger partial charge in [-0.2, -0.15) is 0 Å². The van der Waals surface area contributed by atoms with Crippen LogP contribution < -0.4 is 10.1 Å². The second kappa shape index (κ2) is 8.66. The lowest BCUT2D eigenvalue weighted by Crippen LogP contribution is -2.30. The highest BCUT2D eigenvalue weighted by Gasteiger charge is 2.17. The Balaban J connectivity index is 1.65. The number of hydrogen-bond acceptors (Lipinski definition) is 2. The predicted molar refractivity (Wildman–Crippen MR) is 112 cm³/mol. The summed E-state index contributed by atoms with van der Waals surface area (Å²) >= 11 is 18.0. The van der Waals surface area contributed by atoms with Gasteiger partial charge in [0.1, 0.15) is 5.75 Å². The normalized spacial score (nSPS) is 11.7. The summed E-state index contributed by atoms with van der Waals surface area (Å²) in [4.78, 5) is 12.4. The molecule has 0 radical (unpaired) electrons. The first kappa shape index (κ1) is 19.6. The molecule has 1 amide bonds. The molecule has 3 aromatic rings. The van der Waals surface area contributed by atoms with Crippen molar-refractivity contribution in [1.82, 2.24) is 0 Å². The molecule has 3 rings (SSSR count). The first-order chi connectivity index (χ1) is 12.9. The average Bonchev–Trinajstić information content (AvgIpc) is 2.67. The van der Waals surface area contributed by atoms with Crippen LogP contribution in [0.4, 0.5) is 5.69 Å². The highest BCUT2D eigenvalue weighted by atomic mass is 35.5. The van der Waals surface area contributed by atoms with Gasteiger partial charge < -0.3 is 10.1 Å². The third-order valence-corrected chi connectivity index (χ3v) is 4.95. The first-order valence-corrected chi connectivity index (χ1v) is 9.35. The molecule has 0 fully saturated rings. The zero-order valence-corrected chi connectivity index (χ0v) is 16.6. The highest BCUT2D eigenvalue weighted by molar-refractivity contribution is 6.44. The summed E-state index contributed by atoms with van der Waals surface area (Å²) in [6, 6.07) is 20.6. The lowest BCUT2D eigenvalue weighted by atomic mass is 10.1. The molecule has 0 saturated carbocycles. The van der Waals surface area contributed by atoms with Crippen LogP contribution in [0.1, 0.15) is 6.92 Å². The van der Waals surface area contributed by atoms with Crippen molar-refractivity contribution in [3.8, 4) is 16.9 Å². The fraction of sp³-hybridized carbons (Fsp3) is 0.0952. The van der Waals surface area contributed by atoms with E-state index in [1.165, 1.54) is 12.1 Å². The molecule has 0 bridgehead atoms. The number of amides is 1. The van der Waals surface area contributed by atoms with Crippen molar-refractivity contribution in [3.63, 3.8) is 0 Å². The Hall–Kier alpha value is -2.20. The number of carbonyl (C=O) groups is 1. The molecule has 138 valence electrons. The van der Waals surface area contributed by atoms with Gasteiger partial charge in [0.2, 0.25) is 0 Å². The second-order valence-electron chi connectivity index (χ2n) is 5.89. The molecule has 1 N–H and O–H groups in total. The third kappa shape index (κ3) is 4.95. The molecule has 0 saturated heterocycles. The lowest BCUT2D eigenvalue weighted by Gasteiger charge is -2.16. The van der Waals surface area contributed by atoms with E-state index in [1.54, 1.807) is 6.92 Å². The van der Waals surface area contributed by atoms with Crippen molar-refractivity contribution >= 4 is 46.4 Å². The summed E-state index contributed by atoms with van der Waals surface area (Å²) in [5.41, 5.74) is 2.57. The topological polar surface area (TPSA) is 38.3 Å². The van der Waals surface area contributed by atoms with Crippen molar-refractivity contribution < 1.29 is 9.53 Å². The van der Waals surface area contributed by atoms with Crippen LogP contribution in [0, 0.1) is 0 Å². The minimum Gasteiger partial charge on any atom is -0.481 e. The Morgan fingerprint density at radius 1 is 0.852 bits per heavy atom. The van der Waals surface area contributed by atoms with Gasteiger partial charge in [-0.25, -0.2) is 0 Å². The van der Waals surface area contributed by atoms with Gasteiger partial charge in [0.05, 0.1) is 20.8 Å². The van der Waals surface area contributed by atoms with Crippen LogP contribution >= 0.6 is 34.8 Å². The van der Waals surface area contributed by atoms with Crippen LogP contribution in [0.3, 0.4) is 0 Å². The van der Waals surface area contributed by atoms with Gasteiger partial charge in [-0.1, -0.05) is 77.3 Å². The summed E-state index contributed by atoms with van der Waals surface area (Å²) in [5.74, 6) is 0.250. The molecule has 0 spiro atoms. The van der Waals surface area contributed by atoms with Crippen LogP contribution in [0.2, 0.25) is 15.1 Å². The van der Waals surface area contributed by atoms with Gasteiger partial charge in [0.15, 0.2) is 6.10 Å². The van der Waals surface area contributed by atoms with E-state index < -0.39 is 6.10 Å². The third-order valence-electron chi connectivity index (χ3n) is 3.91. The van der Waals surface area contributed by atoms with Crippen LogP contribution in [0.5, 0.6) is 5.75 Å². The van der Waals surface area contributed by atoms with Crippen LogP contribution in [0.15, 0.2) is 66.7 Å². The van der Waals surface area contributed by atoms with E-state index in [0.29, 0.717) is 26.5 Å². The fourth-order valence-corrected chi connectivity index (χ4v) is 3.06. The standard InChI is InChI=1S/C21H16Cl3NO2/c1-13(21(26)25-20-12-18(23)17(22)11-19(20)24)27-16-9-7-15(8-10-16)14-5-3-2-4-6-14/h2-13H,1H3,(H,25,26). The summed E-state index contributed by atoms with van der Waals surface area (Å²) in [7, 11) is 0. The SMILES string of the molecule is CC(Oc1ccc(-c2ccccc2)cc1)C(=O)Nc1cc(Cl)c(Cl)cc1Cl. The molecular weight excluding hydrogens is 405 g/mol. The number of halogens is 3. The summed E-state index contributed by atoms with van der Waals surface area (Å²) in [6.07, 6.45) is -0.724. The van der Waals surface area contributed by atoms with E-state index >= 15 is 0 Å². The van der Waals surface area contributed by atoms with Crippen molar-refractivity contribution in [1.29, 1.82) is 0 Å². The molecule has 3 aromatic carbocycles. The molecule has 0 aliphatic carbocycles. The smallest absolute Gasteiger partial charge is 0.265 e. The van der Waals surface area contributed by atoms with Crippen molar-refractivity contribution in [2.24, 2.45) is 0 Å². The van der Waals surface area contributed by atoms with Gasteiger partial charge in [-0.15, -0.1) is 0 Å². The molecule has 27 heavy (non-hydrogen) atoms. The fourth-order valence-electron chi connectivity index (χ4n) is 2.47. The highest BCUT2D eigenvalue weighted by Crippen LogP contribution is 2.32. The van der Waals surface area contributed by atoms with E-state index in [9.17, 15) is 4.79 Å². The number of rotatable bonds is 5. The van der Waals surface area contributed by atoms with Gasteiger partial charge in [-0.05, 0) is 42.3 Å². The van der Waals surface area contributed by atoms with Gasteiger partial charge in [0.25, 0.3) is 5.91 Å². The number of nitrogens with one attached hydrogen (secondary N) is 1. The van der Waals surface area contributed by atoms with E-state index in [4.69, 9.17) is 39.5 Å². The largest absolute Gasteiger partial charge is 0.481 e. The number of anilines is 1. The van der Waals surface area contributed by atoms with Crippen LogP contribution in [0.25, 0.3) is 11.1 Å². The Kier molecular flexibility index (Phi) is 6.27. The van der Waals surface area contributed by atoms with Gasteiger partial charge in [-0.3, -0.25) is 4.79 Å². The first-order valence-electron chi connectivity index (χ1n) is 8.21. The molecule has 1 unspecified atom stereocenters. The quantitative estimate of drug-likeness (QED) is 0.465. The Bertz CT molecular complexity index is 944. The Morgan fingerprint density at radius 2 is 1.44 bits per heavy atom. The van der Waals surface area contributed by atoms with Crippen LogP contribution in [-0.4, -0.2) is 12.0 Å². The maximum atomic E-state index is 12.4. The van der Waals surface area contributed by atoms with Crippen LogP contribution in [-0.2, 0) is 4.79 Å². The molecule has 0 aromatic heterocycles. The lowest BCUT2D eigenvalue weighted by molar-refractivity contribution is -0.122. The summed E-state index contributed by atoms with van der Waals surface area (Å²) in [6.45, 7) is 1.66. The predicted octanol–water partition coefficient (Wildman–Crippen LogP) is 6.72. The molecule has 0 aliphatic rings. The van der Waals surface area contributed by atoms with Gasteiger partial charge >= 0.3 is 0 Å². The maximum Gasteiger partial charge on any atom is 0.265 e. The molecule has 3 nitrogen and oxygen atoms in total. The Morgan fingerprint density at radius 3 is 2.11 bits per heavy atom. The molecule has 1 atom stereocenters. The minimum atomic E-state index is -0.724. The monoisotopic (exact) mass is 419 g/mol. The van der Waals surface area contributed by atoms with Crippen molar-refractivity contribution in [3.05, 3.63) is 81.8 Å². The van der Waals surface area contributed by atoms with Crippen molar-refractivity contribution in [2.45, 2.75) is 13.0 Å². The molecule has 6 heteroatoms. The van der Waals surface area contributed by atoms with E-state index in [0.717, 1.165) is 11.1 Å². The molecule has 0 aliphatic heterocycles. The zero-order valence-electron chi connectivity index (χ0n) is 14.4. The zero-order chi connectivity index (χ0) is 19.4. The minimum absolute atomic E-state index is 0.303.